The molecule has 2 aromatic carbocycles. The summed E-state index contributed by atoms with van der Waals surface area (Å²) in [6.45, 7) is 8.21. The summed E-state index contributed by atoms with van der Waals surface area (Å²) in [6, 6.07) is 6.09. The molecule has 0 unspecified atom stereocenters. The van der Waals surface area contributed by atoms with E-state index >= 15 is 0 Å². The molecule has 1 heterocycles. The summed E-state index contributed by atoms with van der Waals surface area (Å²) in [6.07, 6.45) is 2.01. The van der Waals surface area contributed by atoms with Crippen LogP contribution in [-0.4, -0.2) is 35.4 Å². The molecule has 0 aromatic heterocycles. The predicted molar refractivity (Wildman–Crippen MR) is 148 cm³/mol. The number of amides is 1. The molecule has 0 N–H and O–H groups in total. The lowest BCUT2D eigenvalue weighted by Gasteiger charge is -2.51. The van der Waals surface area contributed by atoms with Gasteiger partial charge in [-0.2, -0.15) is 0 Å². The highest BCUT2D eigenvalue weighted by atomic mass is 35.5. The van der Waals surface area contributed by atoms with E-state index in [2.05, 4.69) is 0 Å². The van der Waals surface area contributed by atoms with Gasteiger partial charge in [-0.15, -0.1) is 0 Å². The van der Waals surface area contributed by atoms with Crippen LogP contribution >= 0.6 is 34.8 Å². The van der Waals surface area contributed by atoms with Crippen molar-refractivity contribution in [1.82, 2.24) is 4.90 Å². The number of carbonyl (C=O) groups is 2. The van der Waals surface area contributed by atoms with Gasteiger partial charge in [0, 0.05) is 36.6 Å². The maximum Gasteiger partial charge on any atom is 0.311 e. The van der Waals surface area contributed by atoms with Crippen LogP contribution in [0, 0.1) is 21.4 Å². The summed E-state index contributed by atoms with van der Waals surface area (Å²) in [4.78, 5) is 39.9. The number of non-ortho nitro benzene ring substituents is 1. The number of ether oxygens (including phenoxy) is 1. The number of nitrogens with zero attached hydrogens (tertiary/aromatic N) is 2. The number of esters is 1. The van der Waals surface area contributed by atoms with Gasteiger partial charge in [0.25, 0.3) is 11.6 Å². The molecule has 1 amide bonds. The van der Waals surface area contributed by atoms with Crippen LogP contribution in [0.1, 0.15) is 79.9 Å². The molecule has 38 heavy (non-hydrogen) atoms. The Morgan fingerprint density at radius 3 is 2.32 bits per heavy atom. The van der Waals surface area contributed by atoms with Crippen LogP contribution in [-0.2, 0) is 21.5 Å². The third-order valence-electron chi connectivity index (χ3n) is 8.51. The number of carbonyl (C=O) groups excluding carboxylic acids is 2. The second-order valence-corrected chi connectivity index (χ2v) is 12.2. The van der Waals surface area contributed by atoms with Crippen LogP contribution in [0.3, 0.4) is 0 Å². The lowest BCUT2D eigenvalue weighted by molar-refractivity contribution is -0.384. The van der Waals surface area contributed by atoms with E-state index in [1.807, 2.05) is 27.7 Å². The summed E-state index contributed by atoms with van der Waals surface area (Å²) in [5, 5.41) is 12.0. The smallest absolute Gasteiger partial charge is 0.311 e. The SMILES string of the molecule is COC(=O)[C@]1(C)CCC[C@]2(C)c3c(Cl)c(Cl)c(C(C)C)c(Cl)c3C(=O)N(Cc3ccc([N+](=O)[O-])cc3)C[C@@H]12. The number of nitro groups is 1. The second kappa shape index (κ2) is 10.3. The molecule has 1 fully saturated rings. The van der Waals surface area contributed by atoms with Crippen LogP contribution in [0.5, 0.6) is 0 Å². The Balaban J connectivity index is 1.97. The number of nitro benzene ring substituents is 1. The highest BCUT2D eigenvalue weighted by Crippen LogP contribution is 2.59. The van der Waals surface area contributed by atoms with Crippen molar-refractivity contribution in [3.05, 3.63) is 71.7 Å². The van der Waals surface area contributed by atoms with Gasteiger partial charge in [-0.3, -0.25) is 19.7 Å². The van der Waals surface area contributed by atoms with Crippen LogP contribution in [0.15, 0.2) is 24.3 Å². The molecule has 1 saturated carbocycles. The molecule has 4 rings (SSSR count). The minimum Gasteiger partial charge on any atom is -0.469 e. The topological polar surface area (TPSA) is 89.8 Å². The summed E-state index contributed by atoms with van der Waals surface area (Å²) < 4.78 is 5.27. The van der Waals surface area contributed by atoms with Crippen molar-refractivity contribution in [3.8, 4) is 0 Å². The number of methoxy groups -OCH3 is 1. The van der Waals surface area contributed by atoms with Gasteiger partial charge >= 0.3 is 5.97 Å². The fraction of sp³-hybridized carbons (Fsp3) is 0.500. The lowest BCUT2D eigenvalue weighted by atomic mass is 9.53. The first-order valence-corrected chi connectivity index (χ1v) is 13.7. The van der Waals surface area contributed by atoms with E-state index < -0.39 is 15.8 Å². The fourth-order valence-electron chi connectivity index (χ4n) is 6.52. The van der Waals surface area contributed by atoms with E-state index in [1.54, 1.807) is 17.0 Å². The molecule has 0 saturated heterocycles. The van der Waals surface area contributed by atoms with E-state index in [4.69, 9.17) is 39.5 Å². The third kappa shape index (κ3) is 4.46. The molecule has 10 heteroatoms. The van der Waals surface area contributed by atoms with Gasteiger partial charge in [0.1, 0.15) is 0 Å². The first kappa shape index (κ1) is 28.7. The first-order valence-electron chi connectivity index (χ1n) is 12.6. The minimum atomic E-state index is -0.892. The molecule has 2 aliphatic rings. The van der Waals surface area contributed by atoms with E-state index in [0.29, 0.717) is 45.1 Å². The standard InChI is InChI=1S/C28H31Cl3N2O5/c1-15(2)19-22(29)20-21(24(31)23(19)30)27(3)11-6-12-28(4,26(35)38-5)18(27)14-32(25(20)34)13-16-7-9-17(10-8-16)33(36)37/h7-10,15,18H,6,11-14H2,1-5H3/t18-,27+,28-/m1/s1. The Kier molecular flexibility index (Phi) is 7.78. The Morgan fingerprint density at radius 1 is 1.13 bits per heavy atom. The normalized spacial score (nSPS) is 25.0. The Labute approximate surface area is 237 Å². The van der Waals surface area contributed by atoms with Gasteiger partial charge in [0.05, 0.1) is 38.1 Å². The van der Waals surface area contributed by atoms with Gasteiger partial charge in [0.2, 0.25) is 0 Å². The number of hydrogen-bond donors (Lipinski definition) is 0. The van der Waals surface area contributed by atoms with Crippen LogP contribution in [0.2, 0.25) is 15.1 Å². The maximum atomic E-state index is 14.3. The summed E-state index contributed by atoms with van der Waals surface area (Å²) >= 11 is 20.8. The fourth-order valence-corrected chi connectivity index (χ4v) is 7.87. The number of fused-ring (bicyclic) bond motifs is 3. The zero-order chi connectivity index (χ0) is 28.2. The average molecular weight is 582 g/mol. The van der Waals surface area contributed by atoms with Crippen LogP contribution in [0.4, 0.5) is 5.69 Å². The van der Waals surface area contributed by atoms with Crippen molar-refractivity contribution in [2.45, 2.75) is 64.8 Å². The molecule has 0 radical (unpaired) electrons. The molecule has 7 nitrogen and oxygen atoms in total. The Hall–Kier alpha value is -2.35. The lowest BCUT2D eigenvalue weighted by Crippen LogP contribution is -2.54. The van der Waals surface area contributed by atoms with E-state index in [-0.39, 0.29) is 47.5 Å². The molecule has 3 atom stereocenters. The van der Waals surface area contributed by atoms with Crippen molar-refractivity contribution < 1.29 is 19.2 Å². The zero-order valence-electron chi connectivity index (χ0n) is 22.1. The van der Waals surface area contributed by atoms with E-state index in [1.165, 1.54) is 19.2 Å². The third-order valence-corrected chi connectivity index (χ3v) is 9.77. The van der Waals surface area contributed by atoms with Crippen molar-refractivity contribution >= 4 is 52.4 Å². The maximum absolute atomic E-state index is 14.3. The predicted octanol–water partition coefficient (Wildman–Crippen LogP) is 7.57. The highest BCUT2D eigenvalue weighted by molar-refractivity contribution is 6.46. The monoisotopic (exact) mass is 580 g/mol. The highest BCUT2D eigenvalue weighted by Gasteiger charge is 2.58. The molecule has 1 aliphatic carbocycles. The quantitative estimate of drug-likeness (QED) is 0.157. The second-order valence-electron chi connectivity index (χ2n) is 11.1. The average Bonchev–Trinajstić information content (AvgIpc) is 2.96. The molecule has 2 aromatic rings. The Bertz CT molecular complexity index is 1310. The summed E-state index contributed by atoms with van der Waals surface area (Å²) in [7, 11) is 1.37. The van der Waals surface area contributed by atoms with Crippen LogP contribution in [0.25, 0.3) is 0 Å². The van der Waals surface area contributed by atoms with Gasteiger partial charge in [-0.05, 0) is 42.4 Å². The van der Waals surface area contributed by atoms with Crippen molar-refractivity contribution in [2.24, 2.45) is 11.3 Å². The summed E-state index contributed by atoms with van der Waals surface area (Å²) in [5.74, 6) is -1.10. The van der Waals surface area contributed by atoms with Gasteiger partial charge in [0.15, 0.2) is 0 Å². The summed E-state index contributed by atoms with van der Waals surface area (Å²) in [5.41, 5.74) is 0.581. The van der Waals surface area contributed by atoms with Crippen molar-refractivity contribution in [1.29, 1.82) is 0 Å². The molecule has 0 spiro atoms. The molecular formula is C28H31Cl3N2O5. The largest absolute Gasteiger partial charge is 0.469 e. The molecule has 1 aliphatic heterocycles. The zero-order valence-corrected chi connectivity index (χ0v) is 24.3. The van der Waals surface area contributed by atoms with E-state index in [9.17, 15) is 19.7 Å². The van der Waals surface area contributed by atoms with Crippen LogP contribution < -0.4 is 0 Å². The Morgan fingerprint density at radius 2 is 1.76 bits per heavy atom. The molecule has 204 valence electrons. The van der Waals surface area contributed by atoms with E-state index in [0.717, 1.165) is 6.42 Å². The van der Waals surface area contributed by atoms with Gasteiger partial charge in [-0.1, -0.05) is 74.1 Å². The number of hydrogen-bond acceptors (Lipinski definition) is 5. The van der Waals surface area contributed by atoms with Crippen molar-refractivity contribution in [3.63, 3.8) is 0 Å². The number of benzene rings is 2. The first-order chi connectivity index (χ1) is 17.8. The van der Waals surface area contributed by atoms with Crippen molar-refractivity contribution in [2.75, 3.05) is 13.7 Å². The van der Waals surface area contributed by atoms with Gasteiger partial charge in [-0.25, -0.2) is 0 Å². The number of rotatable bonds is 5. The molecular weight excluding hydrogens is 551 g/mol. The van der Waals surface area contributed by atoms with Gasteiger partial charge < -0.3 is 9.64 Å². The minimum absolute atomic E-state index is 0.0366. The molecule has 0 bridgehead atoms. The number of halogens is 3.